The van der Waals surface area contributed by atoms with Gasteiger partial charge >= 0.3 is 0 Å². The number of carbonyl (C=O) groups excluding carboxylic acids is 1. The number of amides is 1. The van der Waals surface area contributed by atoms with Crippen molar-refractivity contribution in [2.75, 3.05) is 11.9 Å². The first-order valence-corrected chi connectivity index (χ1v) is 8.99. The lowest BCUT2D eigenvalue weighted by atomic mass is 10.3. The van der Waals surface area contributed by atoms with Gasteiger partial charge in [0.15, 0.2) is 0 Å². The molecule has 0 aliphatic heterocycles. The molecule has 6 nitrogen and oxygen atoms in total. The molecule has 0 aromatic heterocycles. The minimum atomic E-state index is -3.65. The smallest absolute Gasteiger partial charge is 0.240 e. The number of anilines is 1. The lowest BCUT2D eigenvalue weighted by Gasteiger charge is -2.08. The predicted octanol–water partition coefficient (Wildman–Crippen LogP) is 2.46. The standard InChI is InChI=1S/C15H15BrN2O4S/c16-11-5-7-12(8-6-11)23(21,22)17-10-9-15(20)18-13-3-1-2-4-14(13)19/h1-8,17,19H,9-10H2,(H,18,20). The van der Waals surface area contributed by atoms with Crippen molar-refractivity contribution in [1.29, 1.82) is 0 Å². The van der Waals surface area contributed by atoms with Crippen molar-refractivity contribution in [3.8, 4) is 5.75 Å². The summed E-state index contributed by atoms with van der Waals surface area (Å²) in [6, 6.07) is 12.5. The topological polar surface area (TPSA) is 95.5 Å². The number of phenols is 1. The lowest BCUT2D eigenvalue weighted by molar-refractivity contribution is -0.116. The molecule has 0 saturated heterocycles. The van der Waals surface area contributed by atoms with Crippen molar-refractivity contribution >= 4 is 37.5 Å². The molecule has 0 heterocycles. The van der Waals surface area contributed by atoms with Crippen LogP contribution in [-0.4, -0.2) is 26.0 Å². The van der Waals surface area contributed by atoms with E-state index in [1.165, 1.54) is 18.2 Å². The monoisotopic (exact) mass is 398 g/mol. The number of rotatable bonds is 6. The molecule has 0 atom stereocenters. The molecule has 0 aliphatic carbocycles. The summed E-state index contributed by atoms with van der Waals surface area (Å²) in [6.07, 6.45) is -0.0515. The largest absolute Gasteiger partial charge is 0.506 e. The zero-order valence-corrected chi connectivity index (χ0v) is 14.4. The normalized spacial score (nSPS) is 11.2. The maximum Gasteiger partial charge on any atom is 0.240 e. The second-order valence-electron chi connectivity index (χ2n) is 4.67. The number of benzene rings is 2. The number of halogens is 1. The zero-order chi connectivity index (χ0) is 16.9. The van der Waals surface area contributed by atoms with Crippen molar-refractivity contribution in [1.82, 2.24) is 4.72 Å². The molecule has 8 heteroatoms. The number of phenolic OH excluding ortho intramolecular Hbond substituents is 1. The third-order valence-electron chi connectivity index (χ3n) is 2.95. The first kappa shape index (κ1) is 17.5. The molecule has 2 aromatic rings. The summed E-state index contributed by atoms with van der Waals surface area (Å²) in [5.41, 5.74) is 0.285. The minimum Gasteiger partial charge on any atom is -0.506 e. The Morgan fingerprint density at radius 1 is 1.09 bits per heavy atom. The molecule has 2 rings (SSSR count). The van der Waals surface area contributed by atoms with Gasteiger partial charge in [0, 0.05) is 17.4 Å². The van der Waals surface area contributed by atoms with Crippen LogP contribution in [0.1, 0.15) is 6.42 Å². The van der Waals surface area contributed by atoms with Gasteiger partial charge in [-0.15, -0.1) is 0 Å². The van der Waals surface area contributed by atoms with Crippen LogP contribution in [0.3, 0.4) is 0 Å². The van der Waals surface area contributed by atoms with Crippen LogP contribution in [0.15, 0.2) is 57.9 Å². The van der Waals surface area contributed by atoms with Gasteiger partial charge < -0.3 is 10.4 Å². The molecule has 0 saturated carbocycles. The molecule has 0 spiro atoms. The van der Waals surface area contributed by atoms with Gasteiger partial charge in [-0.1, -0.05) is 28.1 Å². The Bertz CT molecular complexity index is 791. The average molecular weight is 399 g/mol. The second kappa shape index (κ2) is 7.58. The number of nitrogens with one attached hydrogen (secondary N) is 2. The van der Waals surface area contributed by atoms with E-state index >= 15 is 0 Å². The van der Waals surface area contributed by atoms with E-state index in [2.05, 4.69) is 26.0 Å². The Balaban J connectivity index is 1.88. The van der Waals surface area contributed by atoms with Crippen LogP contribution in [0.4, 0.5) is 5.69 Å². The molecule has 0 fully saturated rings. The van der Waals surface area contributed by atoms with E-state index in [1.807, 2.05) is 0 Å². The molecule has 3 N–H and O–H groups in total. The zero-order valence-electron chi connectivity index (χ0n) is 12.0. The second-order valence-corrected chi connectivity index (χ2v) is 7.35. The van der Waals surface area contributed by atoms with Gasteiger partial charge in [-0.05, 0) is 36.4 Å². The van der Waals surface area contributed by atoms with Crippen molar-refractivity contribution in [2.24, 2.45) is 0 Å². The highest BCUT2D eigenvalue weighted by Gasteiger charge is 2.14. The molecular weight excluding hydrogens is 384 g/mol. The van der Waals surface area contributed by atoms with Crippen molar-refractivity contribution < 1.29 is 18.3 Å². The van der Waals surface area contributed by atoms with E-state index in [0.29, 0.717) is 0 Å². The van der Waals surface area contributed by atoms with Crippen molar-refractivity contribution in [3.63, 3.8) is 0 Å². The number of aromatic hydroxyl groups is 1. The quantitative estimate of drug-likeness (QED) is 0.651. The molecule has 0 unspecified atom stereocenters. The molecule has 0 aliphatic rings. The Morgan fingerprint density at radius 3 is 2.39 bits per heavy atom. The Kier molecular flexibility index (Phi) is 5.75. The van der Waals surface area contributed by atoms with Gasteiger partial charge in [-0.3, -0.25) is 4.79 Å². The third kappa shape index (κ3) is 5.05. The molecule has 23 heavy (non-hydrogen) atoms. The maximum atomic E-state index is 12.0. The molecule has 0 bridgehead atoms. The van der Waals surface area contributed by atoms with E-state index in [0.717, 1.165) is 4.47 Å². The average Bonchev–Trinajstić information content (AvgIpc) is 2.50. The molecule has 1 amide bonds. The maximum absolute atomic E-state index is 12.0. The van der Waals surface area contributed by atoms with E-state index in [9.17, 15) is 18.3 Å². The van der Waals surface area contributed by atoms with Crippen LogP contribution in [0.25, 0.3) is 0 Å². The van der Waals surface area contributed by atoms with E-state index in [4.69, 9.17) is 0 Å². The third-order valence-corrected chi connectivity index (χ3v) is 4.95. The molecule has 2 aromatic carbocycles. The number of carbonyl (C=O) groups is 1. The van der Waals surface area contributed by atoms with Crippen molar-refractivity contribution in [2.45, 2.75) is 11.3 Å². The summed E-state index contributed by atoms with van der Waals surface area (Å²) in [7, 11) is -3.65. The number of para-hydroxylation sites is 2. The van der Waals surface area contributed by atoms with Gasteiger partial charge in [-0.25, -0.2) is 13.1 Å². The Labute approximate surface area is 142 Å². The predicted molar refractivity (Wildman–Crippen MR) is 90.7 cm³/mol. The fourth-order valence-corrected chi connectivity index (χ4v) is 3.08. The van der Waals surface area contributed by atoms with E-state index in [-0.39, 0.29) is 29.3 Å². The summed E-state index contributed by atoms with van der Waals surface area (Å²) in [4.78, 5) is 11.9. The summed E-state index contributed by atoms with van der Waals surface area (Å²) >= 11 is 3.23. The molecule has 0 radical (unpaired) electrons. The fraction of sp³-hybridized carbons (Fsp3) is 0.133. The van der Waals surface area contributed by atoms with Crippen LogP contribution in [0.5, 0.6) is 5.75 Å². The van der Waals surface area contributed by atoms with Crippen LogP contribution in [-0.2, 0) is 14.8 Å². The van der Waals surface area contributed by atoms with Crippen molar-refractivity contribution in [3.05, 3.63) is 53.0 Å². The SMILES string of the molecule is O=C(CCNS(=O)(=O)c1ccc(Br)cc1)Nc1ccccc1O. The summed E-state index contributed by atoms with van der Waals surface area (Å²) in [5.74, 6) is -0.443. The Morgan fingerprint density at radius 2 is 1.74 bits per heavy atom. The van der Waals surface area contributed by atoms with Crippen LogP contribution in [0, 0.1) is 0 Å². The fourth-order valence-electron chi connectivity index (χ4n) is 1.79. The highest BCUT2D eigenvalue weighted by atomic mass is 79.9. The number of hydrogen-bond acceptors (Lipinski definition) is 4. The first-order valence-electron chi connectivity index (χ1n) is 6.71. The summed E-state index contributed by atoms with van der Waals surface area (Å²) < 4.78 is 27.2. The number of hydrogen-bond donors (Lipinski definition) is 3. The number of sulfonamides is 1. The van der Waals surface area contributed by atoms with E-state index < -0.39 is 15.9 Å². The molecular formula is C15H15BrN2O4S. The highest BCUT2D eigenvalue weighted by Crippen LogP contribution is 2.21. The van der Waals surface area contributed by atoms with Gasteiger partial charge in [0.05, 0.1) is 10.6 Å². The van der Waals surface area contributed by atoms with E-state index in [1.54, 1.807) is 30.3 Å². The van der Waals surface area contributed by atoms with Gasteiger partial charge in [0.2, 0.25) is 15.9 Å². The van der Waals surface area contributed by atoms with Gasteiger partial charge in [0.1, 0.15) is 5.75 Å². The van der Waals surface area contributed by atoms with Crippen LogP contribution >= 0.6 is 15.9 Å². The van der Waals surface area contributed by atoms with Gasteiger partial charge in [0.25, 0.3) is 0 Å². The Hall–Kier alpha value is -1.90. The van der Waals surface area contributed by atoms with Crippen LogP contribution in [0.2, 0.25) is 0 Å². The minimum absolute atomic E-state index is 0.0438. The lowest BCUT2D eigenvalue weighted by Crippen LogP contribution is -2.27. The van der Waals surface area contributed by atoms with Gasteiger partial charge in [-0.2, -0.15) is 0 Å². The first-order chi connectivity index (χ1) is 10.9. The highest BCUT2D eigenvalue weighted by molar-refractivity contribution is 9.10. The summed E-state index contributed by atoms with van der Waals surface area (Å²) in [5, 5.41) is 12.1. The summed E-state index contributed by atoms with van der Waals surface area (Å²) in [6.45, 7) is -0.0438. The van der Waals surface area contributed by atoms with Crippen LogP contribution < -0.4 is 10.0 Å². The molecule has 122 valence electrons.